The first-order valence-electron chi connectivity index (χ1n) is 5.13. The summed E-state index contributed by atoms with van der Waals surface area (Å²) in [5.41, 5.74) is 5.67. The van der Waals surface area contributed by atoms with Crippen LogP contribution in [0, 0.1) is 6.92 Å². The van der Waals surface area contributed by atoms with Crippen LogP contribution in [0.3, 0.4) is 0 Å². The maximum absolute atomic E-state index is 5.67. The molecule has 0 aromatic carbocycles. The molecule has 0 saturated heterocycles. The Morgan fingerprint density at radius 1 is 1.71 bits per heavy atom. The second-order valence-corrected chi connectivity index (χ2v) is 3.98. The lowest BCUT2D eigenvalue weighted by molar-refractivity contribution is 0.482. The van der Waals surface area contributed by atoms with E-state index in [9.17, 15) is 0 Å². The predicted molar refractivity (Wildman–Crippen MR) is 55.3 cm³/mol. The quantitative estimate of drug-likeness (QED) is 0.786. The molecule has 2 rings (SSSR count). The molecule has 4 nitrogen and oxygen atoms in total. The highest BCUT2D eigenvalue weighted by Crippen LogP contribution is 2.32. The predicted octanol–water partition coefficient (Wildman–Crippen LogP) is 1.30. The van der Waals surface area contributed by atoms with Crippen molar-refractivity contribution in [3.63, 3.8) is 0 Å². The number of aryl methyl sites for hydroxylation is 1. The van der Waals surface area contributed by atoms with Gasteiger partial charge in [-0.15, -0.1) is 0 Å². The summed E-state index contributed by atoms with van der Waals surface area (Å²) in [6.07, 6.45) is 4.21. The van der Waals surface area contributed by atoms with E-state index in [0.29, 0.717) is 18.6 Å². The minimum atomic E-state index is 0.306. The van der Waals surface area contributed by atoms with E-state index in [2.05, 4.69) is 16.8 Å². The molecule has 0 radical (unpaired) electrons. The van der Waals surface area contributed by atoms with Crippen LogP contribution < -0.4 is 10.6 Å². The molecule has 2 N–H and O–H groups in total. The molecule has 0 amide bonds. The van der Waals surface area contributed by atoms with Gasteiger partial charge in [0.1, 0.15) is 5.76 Å². The molecule has 1 aromatic heterocycles. The molecule has 1 aliphatic carbocycles. The molecule has 4 heteroatoms. The van der Waals surface area contributed by atoms with Crippen molar-refractivity contribution in [1.29, 1.82) is 0 Å². The molecule has 0 spiro atoms. The van der Waals surface area contributed by atoms with Crippen molar-refractivity contribution in [1.82, 2.24) is 4.98 Å². The zero-order valence-electron chi connectivity index (χ0n) is 8.73. The molecule has 1 aromatic rings. The van der Waals surface area contributed by atoms with Gasteiger partial charge in [0.15, 0.2) is 0 Å². The van der Waals surface area contributed by atoms with Gasteiger partial charge < -0.3 is 15.1 Å². The Labute approximate surface area is 84.1 Å². The molecule has 1 unspecified atom stereocenters. The first-order valence-corrected chi connectivity index (χ1v) is 5.13. The van der Waals surface area contributed by atoms with Gasteiger partial charge in [-0.1, -0.05) is 0 Å². The Balaban J connectivity index is 2.17. The van der Waals surface area contributed by atoms with Gasteiger partial charge >= 0.3 is 0 Å². The molecule has 0 aliphatic heterocycles. The highest BCUT2D eigenvalue weighted by molar-refractivity contribution is 5.33. The van der Waals surface area contributed by atoms with Crippen molar-refractivity contribution in [2.75, 3.05) is 11.4 Å². The van der Waals surface area contributed by atoms with Gasteiger partial charge in [0.25, 0.3) is 6.01 Å². The Hall–Kier alpha value is -1.03. The molecular formula is C10H17N3O. The lowest BCUT2D eigenvalue weighted by Crippen LogP contribution is -2.40. The lowest BCUT2D eigenvalue weighted by atomic mass is 10.3. The minimum absolute atomic E-state index is 0.306. The molecular weight excluding hydrogens is 178 g/mol. The second-order valence-electron chi connectivity index (χ2n) is 3.98. The van der Waals surface area contributed by atoms with E-state index in [1.54, 1.807) is 6.20 Å². The number of aromatic nitrogens is 1. The van der Waals surface area contributed by atoms with Gasteiger partial charge in [-0.05, 0) is 26.7 Å². The zero-order valence-corrected chi connectivity index (χ0v) is 8.73. The number of rotatable bonds is 4. The zero-order chi connectivity index (χ0) is 10.1. The third-order valence-corrected chi connectivity index (χ3v) is 2.59. The number of hydrogen-bond acceptors (Lipinski definition) is 4. The van der Waals surface area contributed by atoms with E-state index < -0.39 is 0 Å². The maximum Gasteiger partial charge on any atom is 0.297 e. The molecule has 1 heterocycles. The van der Waals surface area contributed by atoms with Crippen LogP contribution in [0.15, 0.2) is 10.6 Å². The van der Waals surface area contributed by atoms with Crippen LogP contribution in [0.2, 0.25) is 0 Å². The molecule has 1 fully saturated rings. The van der Waals surface area contributed by atoms with Crippen molar-refractivity contribution in [3.8, 4) is 0 Å². The summed E-state index contributed by atoms with van der Waals surface area (Å²) in [6.45, 7) is 4.66. The van der Waals surface area contributed by atoms with E-state index in [1.807, 2.05) is 6.92 Å². The van der Waals surface area contributed by atoms with E-state index >= 15 is 0 Å². The molecule has 0 bridgehead atoms. The minimum Gasteiger partial charge on any atom is -0.429 e. The van der Waals surface area contributed by atoms with Crippen LogP contribution in [-0.2, 0) is 0 Å². The van der Waals surface area contributed by atoms with E-state index in [4.69, 9.17) is 10.2 Å². The summed E-state index contributed by atoms with van der Waals surface area (Å²) in [5.74, 6) is 0.856. The fourth-order valence-electron chi connectivity index (χ4n) is 1.63. The lowest BCUT2D eigenvalue weighted by Gasteiger charge is -2.26. The van der Waals surface area contributed by atoms with Crippen molar-refractivity contribution in [3.05, 3.63) is 12.0 Å². The maximum atomic E-state index is 5.67. The highest BCUT2D eigenvalue weighted by Gasteiger charge is 2.34. The first kappa shape index (κ1) is 9.52. The van der Waals surface area contributed by atoms with Gasteiger partial charge in [0.05, 0.1) is 6.20 Å². The fraction of sp³-hybridized carbons (Fsp3) is 0.700. The van der Waals surface area contributed by atoms with Crippen molar-refractivity contribution >= 4 is 6.01 Å². The number of hydrogen-bond donors (Lipinski definition) is 1. The van der Waals surface area contributed by atoms with E-state index in [1.165, 1.54) is 12.8 Å². The largest absolute Gasteiger partial charge is 0.429 e. The standard InChI is InChI=1S/C10H17N3O/c1-7(5-11)13(9-3-4-9)10-12-6-8(2)14-10/h6-7,9H,3-5,11H2,1-2H3. The van der Waals surface area contributed by atoms with Gasteiger partial charge in [-0.3, -0.25) is 0 Å². The van der Waals surface area contributed by atoms with Gasteiger partial charge in [-0.25, -0.2) is 4.98 Å². The van der Waals surface area contributed by atoms with Crippen LogP contribution in [0.4, 0.5) is 6.01 Å². The first-order chi connectivity index (χ1) is 6.72. The molecule has 1 atom stereocenters. The van der Waals surface area contributed by atoms with Crippen LogP contribution in [-0.4, -0.2) is 23.6 Å². The summed E-state index contributed by atoms with van der Waals surface area (Å²) < 4.78 is 5.53. The number of anilines is 1. The normalized spacial score (nSPS) is 18.2. The topological polar surface area (TPSA) is 55.3 Å². The highest BCUT2D eigenvalue weighted by atomic mass is 16.4. The number of oxazole rings is 1. The summed E-state index contributed by atoms with van der Waals surface area (Å²) in [7, 11) is 0. The average Bonchev–Trinajstić information content (AvgIpc) is 2.90. The summed E-state index contributed by atoms with van der Waals surface area (Å²) >= 11 is 0. The number of nitrogens with zero attached hydrogens (tertiary/aromatic N) is 2. The molecule has 78 valence electrons. The smallest absolute Gasteiger partial charge is 0.297 e. The van der Waals surface area contributed by atoms with Gasteiger partial charge in [0.2, 0.25) is 0 Å². The summed E-state index contributed by atoms with van der Waals surface area (Å²) in [5, 5.41) is 0. The Bertz CT molecular complexity index is 306. The van der Waals surface area contributed by atoms with Crippen molar-refractivity contribution < 1.29 is 4.42 Å². The van der Waals surface area contributed by atoms with Crippen molar-refractivity contribution in [2.45, 2.75) is 38.8 Å². The third kappa shape index (κ3) is 1.75. The summed E-state index contributed by atoms with van der Waals surface area (Å²) in [4.78, 5) is 6.45. The third-order valence-electron chi connectivity index (χ3n) is 2.59. The van der Waals surface area contributed by atoms with Gasteiger partial charge in [0, 0.05) is 18.6 Å². The molecule has 1 saturated carbocycles. The molecule has 14 heavy (non-hydrogen) atoms. The Kier molecular flexibility index (Phi) is 2.46. The Morgan fingerprint density at radius 2 is 2.43 bits per heavy atom. The SMILES string of the molecule is Cc1cnc(N(C(C)CN)C2CC2)o1. The molecule has 1 aliphatic rings. The average molecular weight is 195 g/mol. The fourth-order valence-corrected chi connectivity index (χ4v) is 1.63. The van der Waals surface area contributed by atoms with Crippen LogP contribution in [0.1, 0.15) is 25.5 Å². The van der Waals surface area contributed by atoms with E-state index in [-0.39, 0.29) is 0 Å². The van der Waals surface area contributed by atoms with E-state index in [0.717, 1.165) is 11.8 Å². The van der Waals surface area contributed by atoms with Gasteiger partial charge in [-0.2, -0.15) is 0 Å². The number of nitrogens with two attached hydrogens (primary N) is 1. The monoisotopic (exact) mass is 195 g/mol. The van der Waals surface area contributed by atoms with Crippen molar-refractivity contribution in [2.24, 2.45) is 5.73 Å². The van der Waals surface area contributed by atoms with Crippen LogP contribution >= 0.6 is 0 Å². The van der Waals surface area contributed by atoms with Crippen LogP contribution in [0.25, 0.3) is 0 Å². The Morgan fingerprint density at radius 3 is 2.86 bits per heavy atom. The van der Waals surface area contributed by atoms with Crippen LogP contribution in [0.5, 0.6) is 0 Å². The summed E-state index contributed by atoms with van der Waals surface area (Å²) in [6, 6.07) is 1.62. The second kappa shape index (κ2) is 3.61.